The molecule has 52 nitrogen and oxygen atoms in total. The lowest BCUT2D eigenvalue weighted by Gasteiger charge is -2.29. The van der Waals surface area contributed by atoms with Crippen LogP contribution in [0.2, 0.25) is 0 Å². The Hall–Kier alpha value is -15.2. The molecule has 0 unspecified atom stereocenters. The van der Waals surface area contributed by atoms with Crippen molar-refractivity contribution in [3.05, 3.63) is 102 Å². The second-order valence-electron chi connectivity index (χ2n) is 35.8. The third kappa shape index (κ3) is 43.5. The molecule has 1 fully saturated rings. The minimum Gasteiger partial charge on any atom is -0.508 e. The number of thiol groups is 1. The summed E-state index contributed by atoms with van der Waals surface area (Å²) >= 11 is 4.27. The molecule has 32 N–H and O–H groups in total. The number of nitrogens with one attached hydrogen (secondary N) is 20. The van der Waals surface area contributed by atoms with E-state index in [0.717, 1.165) is 11.8 Å². The number of carbonyl (C=O) groups excluding carboxylic acids is 21. The zero-order valence-electron chi connectivity index (χ0n) is 82.9. The zero-order valence-corrected chi connectivity index (χ0v) is 83.8. The van der Waals surface area contributed by atoms with Gasteiger partial charge in [0.15, 0.2) is 5.96 Å². The van der Waals surface area contributed by atoms with Gasteiger partial charge in [0.1, 0.15) is 96.4 Å². The quantitative estimate of drug-likeness (QED) is 0.0108. The highest BCUT2D eigenvalue weighted by molar-refractivity contribution is 7.80. The third-order valence-electron chi connectivity index (χ3n) is 23.3. The molecule has 0 radical (unpaired) electrons. The number of aliphatic hydroxyl groups excluding tert-OH is 1. The maximum atomic E-state index is 14.7. The standard InChI is InChI=1S/C93H139N25O27S/c1-11-48(7)76(89(141)104-43-70(126)107-61(38-66(95)122)80(132)101-40-67(123)100-44-71(127)118-34-20-26-64(118)87(139)113-63(45-146)86(138)115-75(47(5)6)91(143)111-59(36-53-23-17-14-18-24-53)85(137)117-77(92(144)145)49(8)12-2)116-84(136)60(37-54-27-29-55(120)30-28-54)112-90(142)74(46(3)4)114-82(134)57(31-32-65(94)121)108-78(130)50(9)105-68(124)41-102-79(131)56(25-19-33-99-93(97)98)106-69(125)42-103-81(133)62(39-72(128)129)109-83(135)58(35-52-21-15-13-16-22-52)110-88(140)73(96)51(10)119/h13-18,21-24,27-30,46-51,56-64,73-77,119-120,146H,11-12,19-20,25-26,31-45,96H2,1-10H3,(H2,94,121)(H2,95,122)(H,100,123)(H,101,132)(H,102,131)(H,103,133)(H,104,141)(H,105,124)(H,106,125)(H,107,126)(H,108,130)(H,109,135)(H,110,140)(H,111,143)(H,112,142)(H,113,139)(H,114,134)(H,115,138)(H,116,136)(H,117,137)(H,128,129)(H,144,145)(H4,97,98,99)/t48-,49-,50-,51+,56-,57-,58-,59-,60-,61-,62-,63-,64-,73-,74-,75-,76-,77-/m0/s1. The SMILES string of the molecule is CC[C@H](C)[C@H](NC(=O)[C@H](Cc1ccccc1)NC(=O)[C@@H](NC(=O)[C@H](CS)NC(=O)[C@@H]1CCCN1C(=O)CNC(=O)CNC(=O)[C@H](CC(N)=O)NC(=O)CNC(=O)[C@@H](NC(=O)[C@H](Cc1ccc(O)cc1)NC(=O)[C@@H](NC(=O)[C@H](CCC(N)=O)NC(=O)[C@H](C)NC(=O)CNC(=O)[C@H](CCCNC(=N)N)NC(=O)CNC(=O)[C@H](CC(=O)O)NC(=O)[C@H](Cc1ccccc1)NC(=O)[C@@H](N)[C@@H](C)O)C(C)C)[C@@H](C)CC)C(C)C)C(=O)O. The molecule has 1 aliphatic rings. The maximum Gasteiger partial charge on any atom is 0.326 e. The number of carboxylic acids is 2. The van der Waals surface area contributed by atoms with Gasteiger partial charge in [0.25, 0.3) is 0 Å². The predicted molar refractivity (Wildman–Crippen MR) is 526 cm³/mol. The molecule has 0 saturated carbocycles. The van der Waals surface area contributed by atoms with Gasteiger partial charge in [0.05, 0.1) is 51.7 Å². The Morgan fingerprint density at radius 2 is 0.815 bits per heavy atom. The number of primary amides is 2. The van der Waals surface area contributed by atoms with Crippen LogP contribution in [-0.4, -0.2) is 316 Å². The number of nitrogens with two attached hydrogens (primary N) is 4. The first kappa shape index (κ1) is 123. The van der Waals surface area contributed by atoms with E-state index in [1.165, 1.54) is 45.0 Å². The summed E-state index contributed by atoms with van der Waals surface area (Å²) in [7, 11) is 0. The highest BCUT2D eigenvalue weighted by Gasteiger charge is 2.42. The lowest BCUT2D eigenvalue weighted by molar-refractivity contribution is -0.144. The van der Waals surface area contributed by atoms with Gasteiger partial charge in [0, 0.05) is 44.5 Å². The second kappa shape index (κ2) is 62.4. The van der Waals surface area contributed by atoms with Crippen LogP contribution in [0.5, 0.6) is 5.75 Å². The maximum absolute atomic E-state index is 14.7. The van der Waals surface area contributed by atoms with Gasteiger partial charge in [-0.3, -0.25) is 111 Å². The number of hydrogen-bond donors (Lipinski definition) is 29. The van der Waals surface area contributed by atoms with E-state index in [0.29, 0.717) is 29.5 Å². The van der Waals surface area contributed by atoms with E-state index >= 15 is 0 Å². The minimum absolute atomic E-state index is 0.0163. The number of phenolic OH excluding ortho intramolecular Hbond substituents is 1. The fourth-order valence-electron chi connectivity index (χ4n) is 14.5. The van der Waals surface area contributed by atoms with Gasteiger partial charge in [-0.2, -0.15) is 12.6 Å². The first-order chi connectivity index (χ1) is 68.8. The van der Waals surface area contributed by atoms with E-state index < -0.39 is 321 Å². The molecule has 804 valence electrons. The number of guanidine groups is 1. The molecule has 53 heteroatoms. The zero-order chi connectivity index (χ0) is 109. The summed E-state index contributed by atoms with van der Waals surface area (Å²) in [6.07, 6.45) is -4.04. The van der Waals surface area contributed by atoms with E-state index in [1.807, 2.05) is 0 Å². The van der Waals surface area contributed by atoms with Crippen LogP contribution in [0, 0.1) is 29.1 Å². The van der Waals surface area contributed by atoms with Gasteiger partial charge in [-0.05, 0) is 98.4 Å². The van der Waals surface area contributed by atoms with Crippen molar-refractivity contribution in [2.75, 3.05) is 51.6 Å². The number of aliphatic hydroxyl groups is 1. The number of nitrogens with zero attached hydrogens (tertiary/aromatic N) is 1. The molecule has 146 heavy (non-hydrogen) atoms. The Labute approximate surface area is 847 Å². The summed E-state index contributed by atoms with van der Waals surface area (Å²) in [5, 5.41) is 93.0. The number of carboxylic acid groups (broad SMARTS) is 2. The number of aliphatic carboxylic acids is 2. The minimum atomic E-state index is -1.87. The Morgan fingerprint density at radius 1 is 0.411 bits per heavy atom. The van der Waals surface area contributed by atoms with Crippen LogP contribution in [0.1, 0.15) is 150 Å². The normalized spacial score (nSPS) is 15.6. The molecule has 21 amide bonds. The largest absolute Gasteiger partial charge is 0.508 e. The van der Waals surface area contributed by atoms with Crippen molar-refractivity contribution >= 4 is 155 Å². The predicted octanol–water partition coefficient (Wildman–Crippen LogP) is -8.68. The molecule has 4 rings (SSSR count). The number of likely N-dealkylation sites (tertiary alicyclic amines) is 1. The van der Waals surface area contributed by atoms with E-state index in [1.54, 1.807) is 102 Å². The van der Waals surface area contributed by atoms with Crippen LogP contribution in [-0.2, 0) is 130 Å². The van der Waals surface area contributed by atoms with Crippen LogP contribution < -0.4 is 124 Å². The summed E-state index contributed by atoms with van der Waals surface area (Å²) in [6.45, 7) is 10.9. The van der Waals surface area contributed by atoms with Gasteiger partial charge in [-0.15, -0.1) is 0 Å². The fourth-order valence-corrected chi connectivity index (χ4v) is 14.8. The van der Waals surface area contributed by atoms with Gasteiger partial charge in [-0.25, -0.2) is 4.79 Å². The first-order valence-corrected chi connectivity index (χ1v) is 48.0. The smallest absolute Gasteiger partial charge is 0.326 e. The molecule has 3 aromatic carbocycles. The Morgan fingerprint density at radius 3 is 1.27 bits per heavy atom. The molecule has 0 aromatic heterocycles. The molecule has 1 aliphatic heterocycles. The molecule has 18 atom stereocenters. The van der Waals surface area contributed by atoms with E-state index in [4.69, 9.17) is 28.3 Å². The number of hydrogen-bond acceptors (Lipinski definition) is 28. The summed E-state index contributed by atoms with van der Waals surface area (Å²) < 4.78 is 0. The van der Waals surface area contributed by atoms with Crippen LogP contribution >= 0.6 is 12.6 Å². The van der Waals surface area contributed by atoms with Gasteiger partial charge < -0.3 is 149 Å². The van der Waals surface area contributed by atoms with Crippen molar-refractivity contribution in [2.24, 2.45) is 46.6 Å². The average molecular weight is 2070 g/mol. The van der Waals surface area contributed by atoms with Crippen LogP contribution in [0.25, 0.3) is 0 Å². The van der Waals surface area contributed by atoms with Crippen molar-refractivity contribution in [3.63, 3.8) is 0 Å². The second-order valence-corrected chi connectivity index (χ2v) is 36.2. The first-order valence-electron chi connectivity index (χ1n) is 47.4. The third-order valence-corrected chi connectivity index (χ3v) is 23.7. The van der Waals surface area contributed by atoms with E-state index in [9.17, 15) is 131 Å². The number of aromatic hydroxyl groups is 1. The molecule has 3 aromatic rings. The summed E-state index contributed by atoms with van der Waals surface area (Å²) in [5.41, 5.74) is 23.6. The molecule has 0 aliphatic carbocycles. The van der Waals surface area contributed by atoms with Gasteiger partial charge >= 0.3 is 11.9 Å². The van der Waals surface area contributed by atoms with Gasteiger partial charge in [-0.1, -0.05) is 141 Å². The van der Waals surface area contributed by atoms with Crippen molar-refractivity contribution in [2.45, 2.75) is 249 Å². The molecule has 0 bridgehead atoms. The van der Waals surface area contributed by atoms with E-state index in [2.05, 4.69) is 114 Å². The highest BCUT2D eigenvalue weighted by atomic mass is 32.1. The molecule has 1 saturated heterocycles. The van der Waals surface area contributed by atoms with Crippen molar-refractivity contribution in [1.29, 1.82) is 5.41 Å². The average Bonchev–Trinajstić information content (AvgIpc) is 1.65. The number of phenols is 1. The molecular weight excluding hydrogens is 1930 g/mol. The number of carbonyl (C=O) groups is 23. The van der Waals surface area contributed by atoms with Crippen LogP contribution in [0.3, 0.4) is 0 Å². The Balaban J connectivity index is 1.39. The lowest BCUT2D eigenvalue weighted by atomic mass is 9.96. The molecule has 1 heterocycles. The number of amides is 21. The Bertz CT molecular complexity index is 5060. The van der Waals surface area contributed by atoms with Crippen molar-refractivity contribution < 1.29 is 131 Å². The topological polar surface area (TPSA) is 833 Å². The van der Waals surface area contributed by atoms with Gasteiger partial charge in [0.2, 0.25) is 124 Å². The summed E-state index contributed by atoms with van der Waals surface area (Å²) in [4.78, 5) is 312. The molecular formula is C93H139N25O27S. The van der Waals surface area contributed by atoms with E-state index in [-0.39, 0.29) is 69.5 Å². The van der Waals surface area contributed by atoms with Crippen molar-refractivity contribution in [3.8, 4) is 5.75 Å². The van der Waals surface area contributed by atoms with Crippen molar-refractivity contribution in [1.82, 2.24) is 106 Å². The fraction of sp³-hybridized carbons (Fsp3) is 0.548. The highest BCUT2D eigenvalue weighted by Crippen LogP contribution is 2.21. The molecule has 0 spiro atoms. The Kier molecular flexibility index (Phi) is 52.6. The lowest BCUT2D eigenvalue weighted by Crippen LogP contribution is -2.61. The van der Waals surface area contributed by atoms with Crippen LogP contribution in [0.15, 0.2) is 84.9 Å². The number of rotatable bonds is 63. The van der Waals surface area contributed by atoms with Crippen LogP contribution in [0.4, 0.5) is 0 Å². The summed E-state index contributed by atoms with van der Waals surface area (Å²) in [6, 6.07) is -0.394. The summed E-state index contributed by atoms with van der Waals surface area (Å²) in [5.74, 6) is -27.3. The number of benzene rings is 3. The monoisotopic (exact) mass is 2070 g/mol.